The van der Waals surface area contributed by atoms with Crippen molar-refractivity contribution in [2.45, 2.75) is 77.9 Å². The Morgan fingerprint density at radius 2 is 1.83 bits per heavy atom. The quantitative estimate of drug-likeness (QED) is 0.723. The van der Waals surface area contributed by atoms with Gasteiger partial charge in [-0.25, -0.2) is 0 Å². The largest absolute Gasteiger partial charge is 0.393 e. The number of Topliss-reactive ketones (excluding diaryl/α,β-unsaturated/α-hetero) is 1. The summed E-state index contributed by atoms with van der Waals surface area (Å²) in [7, 11) is 0. The smallest absolute Gasteiger partial charge is 0.133 e. The molecule has 0 aromatic rings. The standard InChI is InChI=1S/C21H32O3/c1-12(22)15-4-5-16-19-17(7-9-21(15,16)3)20(2)8-6-14(23)10-13(20)11-18(19)24/h11,14-19,23-24H,4-10H2,1-3H3/t14-,15+,16-,17-,18-,19-,20-,21+/m0/s1. The SMILES string of the molecule is CC(=O)[C@H]1CC[C@H]2[C@@H]3[C@@H](O)C=C4C[C@@H](O)CC[C@]4(C)[C@H]3CC[C@]12C. The minimum atomic E-state index is -0.404. The molecule has 3 fully saturated rings. The van der Waals surface area contributed by atoms with Gasteiger partial charge in [0, 0.05) is 5.92 Å². The van der Waals surface area contributed by atoms with E-state index >= 15 is 0 Å². The van der Waals surface area contributed by atoms with Crippen molar-refractivity contribution in [3.05, 3.63) is 11.6 Å². The average molecular weight is 332 g/mol. The van der Waals surface area contributed by atoms with E-state index in [0.29, 0.717) is 17.6 Å². The molecule has 8 atom stereocenters. The Balaban J connectivity index is 1.71. The molecule has 0 saturated heterocycles. The molecule has 4 rings (SSSR count). The summed E-state index contributed by atoms with van der Waals surface area (Å²) in [4.78, 5) is 12.2. The molecule has 3 heteroatoms. The van der Waals surface area contributed by atoms with Crippen LogP contribution in [0.5, 0.6) is 0 Å². The van der Waals surface area contributed by atoms with Crippen molar-refractivity contribution in [1.82, 2.24) is 0 Å². The van der Waals surface area contributed by atoms with Crippen LogP contribution in [0, 0.1) is 34.5 Å². The van der Waals surface area contributed by atoms with Crippen molar-refractivity contribution in [3.8, 4) is 0 Å². The first kappa shape index (κ1) is 16.8. The number of ketones is 1. The molecule has 0 aromatic heterocycles. The zero-order valence-corrected chi connectivity index (χ0v) is 15.3. The van der Waals surface area contributed by atoms with Crippen molar-refractivity contribution in [3.63, 3.8) is 0 Å². The molecule has 4 aliphatic carbocycles. The molecule has 0 aromatic carbocycles. The molecule has 0 radical (unpaired) electrons. The van der Waals surface area contributed by atoms with Crippen molar-refractivity contribution in [2.24, 2.45) is 34.5 Å². The summed E-state index contributed by atoms with van der Waals surface area (Å²) in [6.07, 6.45) is 8.39. The Kier molecular flexibility index (Phi) is 3.78. The molecule has 3 nitrogen and oxygen atoms in total. The topological polar surface area (TPSA) is 57.5 Å². The fourth-order valence-electron chi connectivity index (χ4n) is 7.30. The fourth-order valence-corrected chi connectivity index (χ4v) is 7.30. The Morgan fingerprint density at radius 1 is 1.08 bits per heavy atom. The third-order valence-corrected chi connectivity index (χ3v) is 8.59. The van der Waals surface area contributed by atoms with E-state index in [9.17, 15) is 15.0 Å². The molecule has 0 amide bonds. The zero-order valence-electron chi connectivity index (χ0n) is 15.3. The minimum Gasteiger partial charge on any atom is -0.393 e. The first-order valence-corrected chi connectivity index (χ1v) is 9.85. The predicted octanol–water partition coefficient (Wildman–Crippen LogP) is 3.49. The summed E-state index contributed by atoms with van der Waals surface area (Å²) < 4.78 is 0. The van der Waals surface area contributed by atoms with E-state index in [-0.39, 0.29) is 28.8 Å². The van der Waals surface area contributed by atoms with Gasteiger partial charge in [-0.3, -0.25) is 4.79 Å². The molecule has 134 valence electrons. The van der Waals surface area contributed by atoms with Crippen LogP contribution >= 0.6 is 0 Å². The molecular formula is C21H32O3. The minimum absolute atomic E-state index is 0.0733. The average Bonchev–Trinajstić information content (AvgIpc) is 2.86. The van der Waals surface area contributed by atoms with Crippen LogP contribution in [-0.4, -0.2) is 28.2 Å². The van der Waals surface area contributed by atoms with E-state index in [2.05, 4.69) is 19.9 Å². The first-order chi connectivity index (χ1) is 11.3. The maximum absolute atomic E-state index is 12.2. The summed E-state index contributed by atoms with van der Waals surface area (Å²) >= 11 is 0. The molecule has 0 heterocycles. The van der Waals surface area contributed by atoms with E-state index in [4.69, 9.17) is 0 Å². The number of carbonyl (C=O) groups excluding carboxylic acids is 1. The van der Waals surface area contributed by atoms with Gasteiger partial charge in [-0.2, -0.15) is 0 Å². The fraction of sp³-hybridized carbons (Fsp3) is 0.857. The summed E-state index contributed by atoms with van der Waals surface area (Å²) in [5, 5.41) is 21.1. The molecule has 3 saturated carbocycles. The lowest BCUT2D eigenvalue weighted by molar-refractivity contribution is -0.130. The van der Waals surface area contributed by atoms with Gasteiger partial charge in [0.15, 0.2) is 0 Å². The molecular weight excluding hydrogens is 300 g/mol. The second-order valence-electron chi connectivity index (χ2n) is 9.57. The Labute approximate surface area is 145 Å². The number of carbonyl (C=O) groups is 1. The van der Waals surface area contributed by atoms with Crippen LogP contribution in [0.25, 0.3) is 0 Å². The molecule has 0 aliphatic heterocycles. The van der Waals surface area contributed by atoms with Crippen molar-refractivity contribution >= 4 is 5.78 Å². The number of aliphatic hydroxyl groups excluding tert-OH is 2. The highest BCUT2D eigenvalue weighted by Gasteiger charge is 2.61. The Bertz CT molecular complexity index is 582. The monoisotopic (exact) mass is 332 g/mol. The van der Waals surface area contributed by atoms with Crippen molar-refractivity contribution in [1.29, 1.82) is 0 Å². The number of aliphatic hydroxyl groups is 2. The summed E-state index contributed by atoms with van der Waals surface area (Å²) in [5.74, 6) is 1.77. The van der Waals surface area contributed by atoms with E-state index in [1.54, 1.807) is 6.92 Å². The molecule has 0 bridgehead atoms. The number of hydrogen-bond acceptors (Lipinski definition) is 3. The summed E-state index contributed by atoms with van der Waals surface area (Å²) in [6, 6.07) is 0. The highest BCUT2D eigenvalue weighted by Crippen LogP contribution is 2.66. The van der Waals surface area contributed by atoms with E-state index in [1.165, 1.54) is 5.57 Å². The van der Waals surface area contributed by atoms with Gasteiger partial charge in [0.25, 0.3) is 0 Å². The third kappa shape index (κ3) is 2.13. The van der Waals surface area contributed by atoms with Gasteiger partial charge >= 0.3 is 0 Å². The van der Waals surface area contributed by atoms with Crippen LogP contribution in [0.15, 0.2) is 11.6 Å². The van der Waals surface area contributed by atoms with Crippen LogP contribution in [0.2, 0.25) is 0 Å². The lowest BCUT2D eigenvalue weighted by atomic mass is 9.46. The molecule has 2 N–H and O–H groups in total. The number of rotatable bonds is 1. The van der Waals surface area contributed by atoms with Crippen LogP contribution < -0.4 is 0 Å². The Hall–Kier alpha value is -0.670. The maximum atomic E-state index is 12.2. The molecule has 0 unspecified atom stereocenters. The van der Waals surface area contributed by atoms with Gasteiger partial charge in [0.05, 0.1) is 12.2 Å². The third-order valence-electron chi connectivity index (χ3n) is 8.59. The van der Waals surface area contributed by atoms with Gasteiger partial charge in [0.2, 0.25) is 0 Å². The highest BCUT2D eigenvalue weighted by atomic mass is 16.3. The highest BCUT2D eigenvalue weighted by molar-refractivity contribution is 5.79. The van der Waals surface area contributed by atoms with Crippen LogP contribution in [0.1, 0.15) is 65.7 Å². The summed E-state index contributed by atoms with van der Waals surface area (Å²) in [5.41, 5.74) is 1.50. The summed E-state index contributed by atoms with van der Waals surface area (Å²) in [6.45, 7) is 6.43. The normalized spacial score (nSPS) is 53.6. The van der Waals surface area contributed by atoms with Crippen LogP contribution in [-0.2, 0) is 4.79 Å². The van der Waals surface area contributed by atoms with Crippen molar-refractivity contribution in [2.75, 3.05) is 0 Å². The van der Waals surface area contributed by atoms with Crippen molar-refractivity contribution < 1.29 is 15.0 Å². The lowest BCUT2D eigenvalue weighted by Gasteiger charge is -2.59. The van der Waals surface area contributed by atoms with Gasteiger partial charge in [-0.1, -0.05) is 25.5 Å². The molecule has 4 aliphatic rings. The second-order valence-corrected chi connectivity index (χ2v) is 9.57. The van der Waals surface area contributed by atoms with E-state index in [0.717, 1.165) is 44.9 Å². The van der Waals surface area contributed by atoms with Gasteiger partial charge in [0.1, 0.15) is 5.78 Å². The van der Waals surface area contributed by atoms with Gasteiger partial charge < -0.3 is 10.2 Å². The molecule has 24 heavy (non-hydrogen) atoms. The van der Waals surface area contributed by atoms with Crippen LogP contribution in [0.3, 0.4) is 0 Å². The van der Waals surface area contributed by atoms with E-state index in [1.807, 2.05) is 0 Å². The number of fused-ring (bicyclic) bond motifs is 5. The Morgan fingerprint density at radius 3 is 2.54 bits per heavy atom. The zero-order chi connectivity index (χ0) is 17.3. The predicted molar refractivity (Wildman–Crippen MR) is 93.3 cm³/mol. The lowest BCUT2D eigenvalue weighted by Crippen LogP contribution is -2.55. The molecule has 0 spiro atoms. The van der Waals surface area contributed by atoms with Gasteiger partial charge in [-0.15, -0.1) is 0 Å². The second kappa shape index (κ2) is 5.41. The van der Waals surface area contributed by atoms with Crippen LogP contribution in [0.4, 0.5) is 0 Å². The maximum Gasteiger partial charge on any atom is 0.133 e. The number of hydrogen-bond donors (Lipinski definition) is 2. The van der Waals surface area contributed by atoms with E-state index < -0.39 is 6.10 Å². The van der Waals surface area contributed by atoms with Gasteiger partial charge in [-0.05, 0) is 80.5 Å². The first-order valence-electron chi connectivity index (χ1n) is 9.85.